The van der Waals surface area contributed by atoms with Crippen LogP contribution in [-0.4, -0.2) is 18.9 Å². The van der Waals surface area contributed by atoms with Gasteiger partial charge in [-0.25, -0.2) is 0 Å². The second kappa shape index (κ2) is 5.71. The Morgan fingerprint density at radius 1 is 1.36 bits per heavy atom. The lowest BCUT2D eigenvalue weighted by atomic mass is 9.61. The molecule has 0 aromatic heterocycles. The van der Waals surface area contributed by atoms with E-state index in [2.05, 4.69) is 13.5 Å². The van der Waals surface area contributed by atoms with E-state index in [-0.39, 0.29) is 11.4 Å². The molecule has 2 fully saturated rings. The Labute approximate surface area is 131 Å². The summed E-state index contributed by atoms with van der Waals surface area (Å²) in [5, 5.41) is 0. The van der Waals surface area contributed by atoms with Gasteiger partial charge in [0.25, 0.3) is 0 Å². The van der Waals surface area contributed by atoms with Crippen molar-refractivity contribution in [3.05, 3.63) is 47.5 Å². The number of rotatable bonds is 3. The summed E-state index contributed by atoms with van der Waals surface area (Å²) in [5.74, 6) is 0.716. The molecule has 3 heteroatoms. The van der Waals surface area contributed by atoms with Gasteiger partial charge in [0, 0.05) is 11.0 Å². The zero-order valence-electron chi connectivity index (χ0n) is 13.0. The number of carbonyl (C=O) groups excluding carboxylic acids is 2. The predicted molar refractivity (Wildman–Crippen MR) is 84.7 cm³/mol. The Balaban J connectivity index is 1.89. The summed E-state index contributed by atoms with van der Waals surface area (Å²) in [7, 11) is 0. The molecule has 3 nitrogen and oxygen atoms in total. The minimum absolute atomic E-state index is 0.00295. The monoisotopic (exact) mass is 298 g/mol. The van der Waals surface area contributed by atoms with E-state index >= 15 is 0 Å². The summed E-state index contributed by atoms with van der Waals surface area (Å²) >= 11 is 0. The molecule has 22 heavy (non-hydrogen) atoms. The fourth-order valence-electron chi connectivity index (χ4n) is 4.07. The first-order valence-electron chi connectivity index (χ1n) is 7.89. The smallest absolute Gasteiger partial charge is 0.306 e. The summed E-state index contributed by atoms with van der Waals surface area (Å²) in [4.78, 5) is 22.4. The molecule has 3 atom stereocenters. The average molecular weight is 298 g/mol. The van der Waals surface area contributed by atoms with Crippen molar-refractivity contribution in [2.24, 2.45) is 11.3 Å². The number of hydrogen-bond donors (Lipinski definition) is 0. The highest BCUT2D eigenvalue weighted by Gasteiger charge is 2.47. The van der Waals surface area contributed by atoms with E-state index in [4.69, 9.17) is 4.74 Å². The van der Waals surface area contributed by atoms with Gasteiger partial charge in [-0.15, -0.1) is 0 Å². The van der Waals surface area contributed by atoms with Crippen molar-refractivity contribution in [1.29, 1.82) is 0 Å². The highest BCUT2D eigenvalue weighted by atomic mass is 16.5. The van der Waals surface area contributed by atoms with Crippen LogP contribution < -0.4 is 0 Å². The van der Waals surface area contributed by atoms with Crippen molar-refractivity contribution in [2.45, 2.75) is 38.5 Å². The second-order valence-electron chi connectivity index (χ2n) is 6.92. The van der Waals surface area contributed by atoms with Crippen molar-refractivity contribution < 1.29 is 14.3 Å². The topological polar surface area (TPSA) is 43.4 Å². The van der Waals surface area contributed by atoms with Crippen LogP contribution in [0.25, 0.3) is 0 Å². The molecule has 0 amide bonds. The van der Waals surface area contributed by atoms with Gasteiger partial charge in [0.05, 0.1) is 13.0 Å². The predicted octanol–water partition coefficient (Wildman–Crippen LogP) is 3.89. The standard InChI is InChI=1S/C19H22O3/c1-13(2)16-7-8-19(10-18(21)22-12-19)9-17(16)15-5-3-14(11-20)4-6-15/h3-6,11,16-17H,1,7-10,12H2,2H3/t16-,17-,19-/m0/s1. The maximum absolute atomic E-state index is 11.6. The number of hydrogen-bond acceptors (Lipinski definition) is 3. The number of allylic oxidation sites excluding steroid dienone is 1. The first-order valence-corrected chi connectivity index (χ1v) is 7.89. The van der Waals surface area contributed by atoms with Gasteiger partial charge in [0.1, 0.15) is 6.29 Å². The van der Waals surface area contributed by atoms with E-state index < -0.39 is 0 Å². The summed E-state index contributed by atoms with van der Waals surface area (Å²) in [6.07, 6.45) is 4.44. The van der Waals surface area contributed by atoms with Gasteiger partial charge < -0.3 is 4.74 Å². The number of aldehydes is 1. The third-order valence-corrected chi connectivity index (χ3v) is 5.32. The quantitative estimate of drug-likeness (QED) is 0.483. The fraction of sp³-hybridized carbons (Fsp3) is 0.474. The maximum Gasteiger partial charge on any atom is 0.306 e. The van der Waals surface area contributed by atoms with Crippen LogP contribution in [0.4, 0.5) is 0 Å². The fourth-order valence-corrected chi connectivity index (χ4v) is 4.07. The zero-order valence-corrected chi connectivity index (χ0v) is 13.0. The normalized spacial score (nSPS) is 31.0. The number of esters is 1. The van der Waals surface area contributed by atoms with Crippen molar-refractivity contribution in [1.82, 2.24) is 0 Å². The van der Waals surface area contributed by atoms with Crippen LogP contribution in [0.3, 0.4) is 0 Å². The molecule has 3 rings (SSSR count). The average Bonchev–Trinajstić information content (AvgIpc) is 2.87. The van der Waals surface area contributed by atoms with E-state index in [0.717, 1.165) is 25.5 Å². The van der Waals surface area contributed by atoms with E-state index in [9.17, 15) is 9.59 Å². The lowest BCUT2D eigenvalue weighted by Crippen LogP contribution is -2.33. The van der Waals surface area contributed by atoms with Gasteiger partial charge in [-0.3, -0.25) is 9.59 Å². The number of carbonyl (C=O) groups is 2. The highest BCUT2D eigenvalue weighted by Crippen LogP contribution is 2.52. The van der Waals surface area contributed by atoms with Crippen LogP contribution in [-0.2, 0) is 9.53 Å². The highest BCUT2D eigenvalue weighted by molar-refractivity contribution is 5.74. The molecule has 1 aliphatic carbocycles. The molecular formula is C19H22O3. The lowest BCUT2D eigenvalue weighted by molar-refractivity contribution is -0.137. The third kappa shape index (κ3) is 2.72. The molecule has 1 aliphatic heterocycles. The Morgan fingerprint density at radius 3 is 2.64 bits per heavy atom. The van der Waals surface area contributed by atoms with Crippen molar-refractivity contribution in [2.75, 3.05) is 6.61 Å². The molecule has 2 aliphatic rings. The van der Waals surface area contributed by atoms with Crippen molar-refractivity contribution in [3.8, 4) is 0 Å². The number of ether oxygens (including phenoxy) is 1. The molecule has 116 valence electrons. The Bertz CT molecular complexity index is 602. The van der Waals surface area contributed by atoms with Gasteiger partial charge >= 0.3 is 5.97 Å². The summed E-state index contributed by atoms with van der Waals surface area (Å²) in [5.41, 5.74) is 3.12. The zero-order chi connectivity index (χ0) is 15.7. The Hall–Kier alpha value is -1.90. The third-order valence-electron chi connectivity index (χ3n) is 5.32. The summed E-state index contributed by atoms with van der Waals surface area (Å²) in [6, 6.07) is 7.83. The lowest BCUT2D eigenvalue weighted by Gasteiger charge is -2.42. The molecular weight excluding hydrogens is 276 g/mol. The van der Waals surface area contributed by atoms with Crippen LogP contribution in [0, 0.1) is 11.3 Å². The van der Waals surface area contributed by atoms with Crippen LogP contribution in [0.15, 0.2) is 36.4 Å². The summed E-state index contributed by atoms with van der Waals surface area (Å²) in [6.45, 7) is 6.81. The molecule has 0 radical (unpaired) electrons. The molecule has 1 aromatic rings. The van der Waals surface area contributed by atoms with E-state index in [1.807, 2.05) is 24.3 Å². The van der Waals surface area contributed by atoms with E-state index in [0.29, 0.717) is 30.4 Å². The molecule has 1 aromatic carbocycles. The first kappa shape index (κ1) is 15.0. The van der Waals surface area contributed by atoms with Gasteiger partial charge in [-0.2, -0.15) is 0 Å². The minimum Gasteiger partial charge on any atom is -0.465 e. The van der Waals surface area contributed by atoms with Crippen molar-refractivity contribution in [3.63, 3.8) is 0 Å². The second-order valence-corrected chi connectivity index (χ2v) is 6.92. The molecule has 1 saturated carbocycles. The molecule has 0 bridgehead atoms. The molecule has 0 N–H and O–H groups in total. The van der Waals surface area contributed by atoms with Crippen LogP contribution >= 0.6 is 0 Å². The SMILES string of the molecule is C=C(C)[C@@H]1CC[C@]2(COC(=O)C2)C[C@H]1c1ccc(C=O)cc1. The van der Waals surface area contributed by atoms with E-state index in [1.165, 1.54) is 11.1 Å². The summed E-state index contributed by atoms with van der Waals surface area (Å²) < 4.78 is 5.25. The van der Waals surface area contributed by atoms with Crippen molar-refractivity contribution >= 4 is 12.3 Å². The molecule has 1 saturated heterocycles. The molecule has 0 unspecified atom stereocenters. The Kier molecular flexibility index (Phi) is 3.90. The van der Waals surface area contributed by atoms with Gasteiger partial charge in [-0.1, -0.05) is 36.4 Å². The number of cyclic esters (lactones) is 1. The van der Waals surface area contributed by atoms with Gasteiger partial charge in [-0.05, 0) is 43.6 Å². The van der Waals surface area contributed by atoms with Gasteiger partial charge in [0.15, 0.2) is 0 Å². The first-order chi connectivity index (χ1) is 10.5. The minimum atomic E-state index is -0.0659. The largest absolute Gasteiger partial charge is 0.465 e. The van der Waals surface area contributed by atoms with Gasteiger partial charge in [0.2, 0.25) is 0 Å². The van der Waals surface area contributed by atoms with Crippen LogP contribution in [0.1, 0.15) is 54.4 Å². The Morgan fingerprint density at radius 2 is 2.09 bits per heavy atom. The molecule has 1 heterocycles. The van der Waals surface area contributed by atoms with Crippen LogP contribution in [0.5, 0.6) is 0 Å². The molecule has 1 spiro atoms. The van der Waals surface area contributed by atoms with E-state index in [1.54, 1.807) is 0 Å². The number of benzene rings is 1. The van der Waals surface area contributed by atoms with Crippen LogP contribution in [0.2, 0.25) is 0 Å². The maximum atomic E-state index is 11.6.